The molecule has 0 bridgehead atoms. The molecule has 176 valence electrons. The Morgan fingerprint density at radius 1 is 1.11 bits per heavy atom. The molecule has 1 aliphatic heterocycles. The summed E-state index contributed by atoms with van der Waals surface area (Å²) in [5.74, 6) is 0.310. The van der Waals surface area contributed by atoms with Crippen molar-refractivity contribution in [2.75, 3.05) is 19.4 Å². The van der Waals surface area contributed by atoms with Crippen LogP contribution in [-0.4, -0.2) is 48.6 Å². The predicted octanol–water partition coefficient (Wildman–Crippen LogP) is 3.77. The number of fused-ring (bicyclic) bond motifs is 4. The van der Waals surface area contributed by atoms with E-state index in [-0.39, 0.29) is 18.1 Å². The van der Waals surface area contributed by atoms with E-state index in [0.717, 1.165) is 27.8 Å². The van der Waals surface area contributed by atoms with Gasteiger partial charge in [-0.25, -0.2) is 9.97 Å². The fourth-order valence-electron chi connectivity index (χ4n) is 4.87. The number of anilines is 1. The van der Waals surface area contributed by atoms with Gasteiger partial charge in [-0.05, 0) is 47.9 Å². The minimum atomic E-state index is -0.204. The number of carbonyl (C=O) groups excluding carboxylic acids is 1. The smallest absolute Gasteiger partial charge is 0.254 e. The molecule has 9 heteroatoms. The summed E-state index contributed by atoms with van der Waals surface area (Å²) in [5.41, 5.74) is 13.1. The van der Waals surface area contributed by atoms with Crippen molar-refractivity contribution >= 4 is 28.3 Å². The number of carbonyl (C=O) groups is 1. The molecule has 2 atom stereocenters. The highest BCUT2D eigenvalue weighted by molar-refractivity contribution is 5.98. The summed E-state index contributed by atoms with van der Waals surface area (Å²) in [5, 5.41) is 4.28. The molecule has 35 heavy (non-hydrogen) atoms. The van der Waals surface area contributed by atoms with E-state index < -0.39 is 0 Å². The third-order valence-corrected chi connectivity index (χ3v) is 6.84. The van der Waals surface area contributed by atoms with Gasteiger partial charge in [-0.2, -0.15) is 5.10 Å². The van der Waals surface area contributed by atoms with Gasteiger partial charge in [0.2, 0.25) is 0 Å². The average Bonchev–Trinajstić information content (AvgIpc) is 3.53. The Bertz CT molecular complexity index is 1600. The van der Waals surface area contributed by atoms with E-state index in [1.165, 1.54) is 0 Å². The van der Waals surface area contributed by atoms with Crippen molar-refractivity contribution in [2.45, 2.75) is 19.1 Å². The molecule has 0 radical (unpaired) electrons. The van der Waals surface area contributed by atoms with Crippen molar-refractivity contribution in [3.05, 3.63) is 78.0 Å². The molecule has 0 spiro atoms. The molecule has 2 aromatic carbocycles. The number of ether oxygens (including phenoxy) is 1. The quantitative estimate of drug-likeness (QED) is 0.433. The predicted molar refractivity (Wildman–Crippen MR) is 133 cm³/mol. The van der Waals surface area contributed by atoms with Crippen molar-refractivity contribution in [3.63, 3.8) is 0 Å². The minimum absolute atomic E-state index is 0.0619. The number of aryl methyl sites for hydroxylation is 1. The first-order valence-corrected chi connectivity index (χ1v) is 11.4. The monoisotopic (exact) mass is 467 g/mol. The van der Waals surface area contributed by atoms with Crippen LogP contribution in [0, 0.1) is 0 Å². The zero-order chi connectivity index (χ0) is 24.3. The number of imidazole rings is 1. The number of amides is 1. The van der Waals surface area contributed by atoms with Crippen LogP contribution in [0.25, 0.3) is 27.7 Å². The fraction of sp³-hybridized carbons (Fsp3) is 0.231. The van der Waals surface area contributed by atoms with Crippen LogP contribution in [0.15, 0.2) is 61.3 Å². The van der Waals surface area contributed by atoms with Crippen LogP contribution in [-0.2, 0) is 11.8 Å². The second-order valence-electron chi connectivity index (χ2n) is 9.00. The molecule has 9 nitrogen and oxygen atoms in total. The maximum absolute atomic E-state index is 13.6. The minimum Gasteiger partial charge on any atom is -0.382 e. The topological polar surface area (TPSA) is 104 Å². The number of nitrogens with zero attached hydrogens (tertiary/aromatic N) is 6. The van der Waals surface area contributed by atoms with E-state index >= 15 is 0 Å². The van der Waals surface area contributed by atoms with E-state index in [1.54, 1.807) is 28.2 Å². The number of nitrogens with two attached hydrogens (primary N) is 1. The van der Waals surface area contributed by atoms with Crippen LogP contribution in [0.4, 0.5) is 5.82 Å². The summed E-state index contributed by atoms with van der Waals surface area (Å²) >= 11 is 0. The highest BCUT2D eigenvalue weighted by Gasteiger charge is 2.31. The molecule has 1 unspecified atom stereocenters. The van der Waals surface area contributed by atoms with Gasteiger partial charge in [0.15, 0.2) is 0 Å². The van der Waals surface area contributed by atoms with Gasteiger partial charge in [0.1, 0.15) is 11.3 Å². The van der Waals surface area contributed by atoms with E-state index in [0.29, 0.717) is 29.0 Å². The zero-order valence-electron chi connectivity index (χ0n) is 19.7. The Balaban J connectivity index is 1.36. The number of hydrogen-bond acceptors (Lipinski definition) is 6. The first-order chi connectivity index (χ1) is 16.9. The summed E-state index contributed by atoms with van der Waals surface area (Å²) in [6.45, 7) is 2.47. The van der Waals surface area contributed by atoms with Gasteiger partial charge in [0.25, 0.3) is 5.91 Å². The molecule has 0 aliphatic carbocycles. The molecule has 0 saturated carbocycles. The van der Waals surface area contributed by atoms with Crippen molar-refractivity contribution < 1.29 is 9.53 Å². The highest BCUT2D eigenvalue weighted by Crippen LogP contribution is 2.38. The molecule has 0 saturated heterocycles. The summed E-state index contributed by atoms with van der Waals surface area (Å²) in [6.07, 6.45) is 7.12. The van der Waals surface area contributed by atoms with Crippen LogP contribution in [0.2, 0.25) is 0 Å². The molecule has 6 rings (SSSR count). The van der Waals surface area contributed by atoms with Crippen molar-refractivity contribution in [1.82, 2.24) is 29.0 Å². The third kappa shape index (κ3) is 3.43. The maximum Gasteiger partial charge on any atom is 0.254 e. The van der Waals surface area contributed by atoms with Crippen LogP contribution < -0.4 is 5.73 Å². The Morgan fingerprint density at radius 3 is 2.77 bits per heavy atom. The van der Waals surface area contributed by atoms with Crippen molar-refractivity contribution in [3.8, 4) is 11.1 Å². The Hall–Kier alpha value is -4.24. The second-order valence-corrected chi connectivity index (χ2v) is 9.00. The first kappa shape index (κ1) is 21.3. The lowest BCUT2D eigenvalue weighted by atomic mass is 9.91. The Labute approximate surface area is 201 Å². The lowest BCUT2D eigenvalue weighted by Gasteiger charge is -2.36. The number of aromatic nitrogens is 5. The summed E-state index contributed by atoms with van der Waals surface area (Å²) in [4.78, 5) is 24.0. The Morgan fingerprint density at radius 2 is 1.97 bits per heavy atom. The van der Waals surface area contributed by atoms with E-state index in [1.807, 2.05) is 49.9 Å². The fourth-order valence-corrected chi connectivity index (χ4v) is 4.87. The highest BCUT2D eigenvalue weighted by atomic mass is 16.5. The molecule has 5 aromatic rings. The van der Waals surface area contributed by atoms with Crippen LogP contribution in [0.5, 0.6) is 0 Å². The number of rotatable bonds is 3. The van der Waals surface area contributed by atoms with E-state index in [4.69, 9.17) is 10.5 Å². The summed E-state index contributed by atoms with van der Waals surface area (Å²) in [7, 11) is 3.73. The first-order valence-electron chi connectivity index (χ1n) is 11.4. The van der Waals surface area contributed by atoms with Crippen LogP contribution in [0.1, 0.15) is 40.6 Å². The normalized spacial score (nSPS) is 17.6. The average molecular weight is 468 g/mol. The molecule has 1 amide bonds. The SMILES string of the molecule is CC1OC[C@@H](N(C)C(=O)c2ccc3nc(N)c4cncn4c3c2)c2ccc(-c3cnn(C)c3)cc21. The van der Waals surface area contributed by atoms with E-state index in [9.17, 15) is 4.79 Å². The lowest BCUT2D eigenvalue weighted by molar-refractivity contribution is 0.00497. The maximum atomic E-state index is 13.6. The van der Waals surface area contributed by atoms with Gasteiger partial charge in [-0.3, -0.25) is 13.9 Å². The lowest BCUT2D eigenvalue weighted by Crippen LogP contribution is -2.37. The van der Waals surface area contributed by atoms with Gasteiger partial charge >= 0.3 is 0 Å². The van der Waals surface area contributed by atoms with Crippen molar-refractivity contribution in [2.24, 2.45) is 7.05 Å². The molecule has 0 fully saturated rings. The molecule has 4 heterocycles. The third-order valence-electron chi connectivity index (χ3n) is 6.84. The number of nitrogen functional groups attached to an aromatic ring is 1. The largest absolute Gasteiger partial charge is 0.382 e. The Kier molecular flexibility index (Phi) is 4.82. The second kappa shape index (κ2) is 7.92. The van der Waals surface area contributed by atoms with Gasteiger partial charge in [-0.1, -0.05) is 12.1 Å². The van der Waals surface area contributed by atoms with Gasteiger partial charge in [-0.15, -0.1) is 0 Å². The molecular weight excluding hydrogens is 442 g/mol. The molecule has 1 aliphatic rings. The molecule has 3 aromatic heterocycles. The molecular formula is C26H25N7O2. The number of benzene rings is 2. The number of likely N-dealkylation sites (N-methyl/N-ethyl adjacent to an activating group) is 1. The molecule has 2 N–H and O–H groups in total. The number of hydrogen-bond donors (Lipinski definition) is 1. The van der Waals surface area contributed by atoms with Crippen molar-refractivity contribution in [1.29, 1.82) is 0 Å². The van der Waals surface area contributed by atoms with Gasteiger partial charge < -0.3 is 15.4 Å². The van der Waals surface area contributed by atoms with E-state index in [2.05, 4.69) is 33.3 Å². The van der Waals surface area contributed by atoms with Gasteiger partial charge in [0.05, 0.1) is 48.5 Å². The standard InChI is InChI=1S/C26H25N7O2/c1-15-20-8-16(18-10-29-31(2)12-18)4-6-19(20)24(13-35-15)32(3)26(34)17-5-7-21-22(9-17)33-14-28-11-23(33)25(27)30-21/h4-12,14-15,24H,13H2,1-3H3,(H2,27,30)/t15?,24-/m1/s1. The van der Waals surface area contributed by atoms with Crippen LogP contribution >= 0.6 is 0 Å². The summed E-state index contributed by atoms with van der Waals surface area (Å²) < 4.78 is 9.74. The van der Waals surface area contributed by atoms with Gasteiger partial charge in [0, 0.05) is 31.4 Å². The zero-order valence-corrected chi connectivity index (χ0v) is 19.7. The summed E-state index contributed by atoms with van der Waals surface area (Å²) in [6, 6.07) is 11.6. The van der Waals surface area contributed by atoms with Crippen LogP contribution in [0.3, 0.4) is 0 Å².